The number of fused-ring (bicyclic) bond motifs is 1. The molecule has 3 fully saturated rings. The number of ether oxygens (including phenoxy) is 1. The van der Waals surface area contributed by atoms with Crippen molar-refractivity contribution in [3.63, 3.8) is 0 Å². The molecule has 2 aromatic rings. The Balaban J connectivity index is 1.17. The molecule has 0 spiro atoms. The highest BCUT2D eigenvalue weighted by molar-refractivity contribution is 6.33. The molecule has 186 valence electrons. The number of nitrogens with zero attached hydrogens (tertiary/aromatic N) is 2. The zero-order valence-corrected chi connectivity index (χ0v) is 20.4. The van der Waals surface area contributed by atoms with Gasteiger partial charge in [0.1, 0.15) is 11.9 Å². The van der Waals surface area contributed by atoms with Crippen LogP contribution in [-0.4, -0.2) is 67.0 Å². The number of likely N-dealkylation sites (tertiary alicyclic amines) is 2. The number of hydrogen-bond acceptors (Lipinski definition) is 4. The summed E-state index contributed by atoms with van der Waals surface area (Å²) in [5.41, 5.74) is 1.07. The maximum atomic E-state index is 14.2. The molecule has 3 saturated heterocycles. The van der Waals surface area contributed by atoms with E-state index in [0.717, 1.165) is 44.5 Å². The van der Waals surface area contributed by atoms with Crippen molar-refractivity contribution in [1.29, 1.82) is 0 Å². The highest BCUT2D eigenvalue weighted by Crippen LogP contribution is 2.34. The van der Waals surface area contributed by atoms with E-state index < -0.39 is 5.82 Å². The van der Waals surface area contributed by atoms with E-state index in [4.69, 9.17) is 16.3 Å². The molecule has 5 rings (SSSR count). The summed E-state index contributed by atoms with van der Waals surface area (Å²) in [4.78, 5) is 29.8. The SMILES string of the molecule is O=C(N[C@@H](CCN1CC2CN(C(=O)c3c(F)cccc3Cl)CC2C1)c1ccccc1)C1CCCO1. The van der Waals surface area contributed by atoms with Gasteiger partial charge in [0.25, 0.3) is 5.91 Å². The monoisotopic (exact) mass is 499 g/mol. The first-order valence-corrected chi connectivity index (χ1v) is 12.8. The Morgan fingerprint density at radius 3 is 2.46 bits per heavy atom. The van der Waals surface area contributed by atoms with E-state index in [1.165, 1.54) is 12.1 Å². The molecule has 3 unspecified atom stereocenters. The van der Waals surface area contributed by atoms with Crippen LogP contribution < -0.4 is 5.32 Å². The molecule has 3 aliphatic rings. The Morgan fingerprint density at radius 1 is 1.06 bits per heavy atom. The third kappa shape index (κ3) is 5.37. The number of carbonyl (C=O) groups excluding carboxylic acids is 2. The second-order valence-corrected chi connectivity index (χ2v) is 10.3. The van der Waals surface area contributed by atoms with Crippen molar-refractivity contribution in [3.05, 3.63) is 70.5 Å². The first-order chi connectivity index (χ1) is 17.0. The minimum absolute atomic E-state index is 0.0290. The lowest BCUT2D eigenvalue weighted by Crippen LogP contribution is -2.39. The molecular formula is C27H31ClFN3O3. The summed E-state index contributed by atoms with van der Waals surface area (Å²) in [5, 5.41) is 3.37. The van der Waals surface area contributed by atoms with Crippen LogP contribution in [0.3, 0.4) is 0 Å². The number of rotatable bonds is 7. The molecule has 6 nitrogen and oxygen atoms in total. The van der Waals surface area contributed by atoms with Crippen LogP contribution in [0.25, 0.3) is 0 Å². The summed E-state index contributed by atoms with van der Waals surface area (Å²) in [6.45, 7) is 4.51. The van der Waals surface area contributed by atoms with Gasteiger partial charge in [-0.1, -0.05) is 48.0 Å². The number of amides is 2. The molecular weight excluding hydrogens is 469 g/mol. The molecule has 8 heteroatoms. The van der Waals surface area contributed by atoms with Gasteiger partial charge in [-0.15, -0.1) is 0 Å². The molecule has 4 atom stereocenters. The second-order valence-electron chi connectivity index (χ2n) is 9.85. The fourth-order valence-electron chi connectivity index (χ4n) is 5.67. The fourth-order valence-corrected chi connectivity index (χ4v) is 5.91. The molecule has 35 heavy (non-hydrogen) atoms. The maximum absolute atomic E-state index is 14.2. The third-order valence-electron chi connectivity index (χ3n) is 7.50. The van der Waals surface area contributed by atoms with Crippen molar-refractivity contribution in [2.45, 2.75) is 31.4 Å². The maximum Gasteiger partial charge on any atom is 0.258 e. The van der Waals surface area contributed by atoms with Gasteiger partial charge in [0, 0.05) is 39.3 Å². The predicted molar refractivity (Wildman–Crippen MR) is 132 cm³/mol. The van der Waals surface area contributed by atoms with Crippen molar-refractivity contribution < 1.29 is 18.7 Å². The van der Waals surface area contributed by atoms with Crippen molar-refractivity contribution in [2.75, 3.05) is 39.3 Å². The molecule has 2 aromatic carbocycles. The molecule has 0 aliphatic carbocycles. The van der Waals surface area contributed by atoms with Crippen LogP contribution in [0.2, 0.25) is 5.02 Å². The molecule has 0 saturated carbocycles. The predicted octanol–water partition coefficient (Wildman–Crippen LogP) is 3.91. The minimum atomic E-state index is -0.571. The summed E-state index contributed by atoms with van der Waals surface area (Å²) < 4.78 is 19.8. The van der Waals surface area contributed by atoms with E-state index in [-0.39, 0.29) is 34.5 Å². The van der Waals surface area contributed by atoms with Gasteiger partial charge in [-0.25, -0.2) is 4.39 Å². The van der Waals surface area contributed by atoms with E-state index in [1.54, 1.807) is 11.0 Å². The molecule has 2 amide bonds. The van der Waals surface area contributed by atoms with Crippen LogP contribution in [0, 0.1) is 17.7 Å². The van der Waals surface area contributed by atoms with Gasteiger partial charge in [-0.05, 0) is 48.8 Å². The number of benzene rings is 2. The average Bonchev–Trinajstić information content (AvgIpc) is 3.59. The van der Waals surface area contributed by atoms with E-state index in [2.05, 4.69) is 22.3 Å². The normalized spacial score (nSPS) is 25.0. The van der Waals surface area contributed by atoms with Gasteiger partial charge in [0.05, 0.1) is 16.6 Å². The Bertz CT molecular complexity index is 1030. The Labute approximate surface area is 210 Å². The summed E-state index contributed by atoms with van der Waals surface area (Å²) >= 11 is 6.11. The Kier molecular flexibility index (Phi) is 7.37. The summed E-state index contributed by atoms with van der Waals surface area (Å²) in [7, 11) is 0. The second kappa shape index (κ2) is 10.6. The molecule has 3 aliphatic heterocycles. The highest BCUT2D eigenvalue weighted by Gasteiger charge is 2.42. The van der Waals surface area contributed by atoms with Crippen LogP contribution in [0.5, 0.6) is 0 Å². The lowest BCUT2D eigenvalue weighted by molar-refractivity contribution is -0.130. The molecule has 0 bridgehead atoms. The van der Waals surface area contributed by atoms with Crippen molar-refractivity contribution >= 4 is 23.4 Å². The topological polar surface area (TPSA) is 61.9 Å². The largest absolute Gasteiger partial charge is 0.368 e. The molecule has 3 heterocycles. The van der Waals surface area contributed by atoms with Crippen molar-refractivity contribution in [2.24, 2.45) is 11.8 Å². The van der Waals surface area contributed by atoms with Gasteiger partial charge in [-0.2, -0.15) is 0 Å². The van der Waals surface area contributed by atoms with E-state index in [1.807, 2.05) is 18.2 Å². The Hall–Kier alpha value is -2.48. The van der Waals surface area contributed by atoms with Gasteiger partial charge in [-0.3, -0.25) is 9.59 Å². The van der Waals surface area contributed by atoms with E-state index in [9.17, 15) is 14.0 Å². The molecule has 0 radical (unpaired) electrons. The first kappa shape index (κ1) is 24.2. The Morgan fingerprint density at radius 2 is 1.80 bits per heavy atom. The fraction of sp³-hybridized carbons (Fsp3) is 0.481. The molecule has 1 N–H and O–H groups in total. The van der Waals surface area contributed by atoms with Crippen LogP contribution in [0.15, 0.2) is 48.5 Å². The van der Waals surface area contributed by atoms with Gasteiger partial charge < -0.3 is 19.9 Å². The summed E-state index contributed by atoms with van der Waals surface area (Å²) in [6.07, 6.45) is 2.15. The number of nitrogens with one attached hydrogen (secondary N) is 1. The van der Waals surface area contributed by atoms with Gasteiger partial charge in [0.15, 0.2) is 0 Å². The van der Waals surface area contributed by atoms with Crippen LogP contribution in [0.1, 0.15) is 41.2 Å². The number of carbonyl (C=O) groups is 2. The summed E-state index contributed by atoms with van der Waals surface area (Å²) in [6, 6.07) is 14.3. The van der Waals surface area contributed by atoms with Crippen molar-refractivity contribution in [1.82, 2.24) is 15.1 Å². The smallest absolute Gasteiger partial charge is 0.258 e. The van der Waals surface area contributed by atoms with Gasteiger partial charge >= 0.3 is 0 Å². The standard InChI is InChI=1S/C27H31ClFN3O3/c28-21-8-4-9-22(29)25(21)27(34)32-16-19-14-31(15-20(19)17-32)12-11-23(18-6-2-1-3-7-18)30-26(33)24-10-5-13-35-24/h1-4,6-9,19-20,23-24H,5,10-17H2,(H,30,33)/t19?,20?,23-,24?/m0/s1. The first-order valence-electron chi connectivity index (χ1n) is 12.4. The van der Waals surface area contributed by atoms with E-state index >= 15 is 0 Å². The zero-order valence-electron chi connectivity index (χ0n) is 19.7. The zero-order chi connectivity index (χ0) is 24.4. The van der Waals surface area contributed by atoms with Crippen molar-refractivity contribution in [3.8, 4) is 0 Å². The van der Waals surface area contributed by atoms with Crippen LogP contribution in [0.4, 0.5) is 4.39 Å². The molecule has 0 aromatic heterocycles. The lowest BCUT2D eigenvalue weighted by Gasteiger charge is -2.25. The lowest BCUT2D eigenvalue weighted by atomic mass is 10.0. The summed E-state index contributed by atoms with van der Waals surface area (Å²) in [5.74, 6) is -0.203. The number of halogens is 2. The van der Waals surface area contributed by atoms with Crippen LogP contribution in [-0.2, 0) is 9.53 Å². The minimum Gasteiger partial charge on any atom is -0.368 e. The third-order valence-corrected chi connectivity index (χ3v) is 7.82. The quantitative estimate of drug-likeness (QED) is 0.627. The van der Waals surface area contributed by atoms with Crippen LogP contribution >= 0.6 is 11.6 Å². The number of hydrogen-bond donors (Lipinski definition) is 1. The van der Waals surface area contributed by atoms with Gasteiger partial charge in [0.2, 0.25) is 5.91 Å². The highest BCUT2D eigenvalue weighted by atomic mass is 35.5. The average molecular weight is 500 g/mol. The van der Waals surface area contributed by atoms with E-state index in [0.29, 0.717) is 31.5 Å².